The van der Waals surface area contributed by atoms with Crippen LogP contribution in [0.15, 0.2) is 18.2 Å². The van der Waals surface area contributed by atoms with Gasteiger partial charge in [-0.05, 0) is 24.0 Å². The Labute approximate surface area is 111 Å². The van der Waals surface area contributed by atoms with Crippen LogP contribution in [0.1, 0.15) is 30.6 Å². The van der Waals surface area contributed by atoms with Crippen molar-refractivity contribution in [3.63, 3.8) is 0 Å². The number of benzene rings is 1. The first-order chi connectivity index (χ1) is 8.37. The van der Waals surface area contributed by atoms with E-state index in [-0.39, 0.29) is 22.6 Å². The first-order valence-corrected chi connectivity index (χ1v) is 6.08. The van der Waals surface area contributed by atoms with Gasteiger partial charge in [-0.25, -0.2) is 4.39 Å². The standard InChI is InChI=1S/C13H17ClFNO2/c1-13(2,6-7-17)8-16-12(18)11-9(14)4-3-5-10(11)15/h3-5,17H,6-8H2,1-2H3,(H,16,18). The molecule has 0 aromatic heterocycles. The fourth-order valence-electron chi connectivity index (χ4n) is 1.51. The molecule has 0 bridgehead atoms. The predicted molar refractivity (Wildman–Crippen MR) is 69.2 cm³/mol. The molecule has 0 radical (unpaired) electrons. The Morgan fingerprint density at radius 2 is 2.17 bits per heavy atom. The van der Waals surface area contributed by atoms with Crippen molar-refractivity contribution in [3.05, 3.63) is 34.6 Å². The number of rotatable bonds is 5. The predicted octanol–water partition coefficient (Wildman–Crippen LogP) is 2.62. The molecule has 0 spiro atoms. The second kappa shape index (κ2) is 6.16. The molecule has 5 heteroatoms. The molecule has 0 fully saturated rings. The minimum atomic E-state index is -0.639. The summed E-state index contributed by atoms with van der Waals surface area (Å²) in [5, 5.41) is 11.6. The van der Waals surface area contributed by atoms with E-state index in [1.165, 1.54) is 18.2 Å². The molecule has 1 aromatic carbocycles. The van der Waals surface area contributed by atoms with Gasteiger partial charge in [0.15, 0.2) is 0 Å². The molecule has 1 amide bonds. The van der Waals surface area contributed by atoms with Gasteiger partial charge in [0, 0.05) is 13.2 Å². The minimum Gasteiger partial charge on any atom is -0.396 e. The molecule has 0 saturated carbocycles. The van der Waals surface area contributed by atoms with Crippen molar-refractivity contribution in [1.82, 2.24) is 5.32 Å². The first-order valence-electron chi connectivity index (χ1n) is 5.70. The maximum Gasteiger partial charge on any atom is 0.255 e. The second-order valence-electron chi connectivity index (χ2n) is 4.92. The molecular weight excluding hydrogens is 257 g/mol. The van der Waals surface area contributed by atoms with Crippen LogP contribution in [-0.4, -0.2) is 24.2 Å². The quantitative estimate of drug-likeness (QED) is 0.866. The van der Waals surface area contributed by atoms with Crippen molar-refractivity contribution >= 4 is 17.5 Å². The van der Waals surface area contributed by atoms with E-state index in [1.54, 1.807) is 0 Å². The van der Waals surface area contributed by atoms with Gasteiger partial charge in [-0.2, -0.15) is 0 Å². The van der Waals surface area contributed by atoms with Gasteiger partial charge in [-0.15, -0.1) is 0 Å². The molecule has 0 atom stereocenters. The maximum atomic E-state index is 13.5. The summed E-state index contributed by atoms with van der Waals surface area (Å²) in [7, 11) is 0. The van der Waals surface area contributed by atoms with Gasteiger partial charge in [0.1, 0.15) is 5.82 Å². The fraction of sp³-hybridized carbons (Fsp3) is 0.462. The number of hydrogen-bond acceptors (Lipinski definition) is 2. The van der Waals surface area contributed by atoms with Crippen LogP contribution in [0.4, 0.5) is 4.39 Å². The van der Waals surface area contributed by atoms with E-state index < -0.39 is 11.7 Å². The van der Waals surface area contributed by atoms with Gasteiger partial charge >= 0.3 is 0 Å². The summed E-state index contributed by atoms with van der Waals surface area (Å²) in [6, 6.07) is 4.11. The molecule has 3 nitrogen and oxygen atoms in total. The van der Waals surface area contributed by atoms with Gasteiger partial charge < -0.3 is 10.4 Å². The lowest BCUT2D eigenvalue weighted by Crippen LogP contribution is -2.35. The van der Waals surface area contributed by atoms with Crippen LogP contribution in [0.25, 0.3) is 0 Å². The van der Waals surface area contributed by atoms with Gasteiger partial charge in [0.2, 0.25) is 0 Å². The van der Waals surface area contributed by atoms with Gasteiger partial charge in [0.25, 0.3) is 5.91 Å². The molecule has 100 valence electrons. The molecule has 0 aliphatic heterocycles. The van der Waals surface area contributed by atoms with E-state index in [0.717, 1.165) is 0 Å². The monoisotopic (exact) mass is 273 g/mol. The lowest BCUT2D eigenvalue weighted by atomic mass is 9.89. The van der Waals surface area contributed by atoms with Crippen LogP contribution in [0.3, 0.4) is 0 Å². The van der Waals surface area contributed by atoms with Crippen molar-refractivity contribution in [2.45, 2.75) is 20.3 Å². The molecular formula is C13H17ClFNO2. The van der Waals surface area contributed by atoms with E-state index in [4.69, 9.17) is 16.7 Å². The van der Waals surface area contributed by atoms with Crippen molar-refractivity contribution in [1.29, 1.82) is 0 Å². The third-order valence-electron chi connectivity index (χ3n) is 2.71. The average Bonchev–Trinajstić information content (AvgIpc) is 2.26. The second-order valence-corrected chi connectivity index (χ2v) is 5.32. The summed E-state index contributed by atoms with van der Waals surface area (Å²) in [6.45, 7) is 4.21. The average molecular weight is 274 g/mol. The molecule has 0 aliphatic rings. The van der Waals surface area contributed by atoms with E-state index in [1.807, 2.05) is 13.8 Å². The SMILES string of the molecule is CC(C)(CCO)CNC(=O)c1c(F)cccc1Cl. The summed E-state index contributed by atoms with van der Waals surface area (Å²) in [5.74, 6) is -1.18. The van der Waals surface area contributed by atoms with Gasteiger partial charge in [-0.1, -0.05) is 31.5 Å². The molecule has 0 heterocycles. The molecule has 18 heavy (non-hydrogen) atoms. The van der Waals surface area contributed by atoms with Crippen molar-refractivity contribution in [2.24, 2.45) is 5.41 Å². The molecule has 1 rings (SSSR count). The molecule has 0 saturated heterocycles. The number of amides is 1. The molecule has 0 aliphatic carbocycles. The first kappa shape index (κ1) is 14.9. The fourth-order valence-corrected chi connectivity index (χ4v) is 1.76. The highest BCUT2D eigenvalue weighted by molar-refractivity contribution is 6.33. The van der Waals surface area contributed by atoms with Crippen LogP contribution in [0.2, 0.25) is 5.02 Å². The lowest BCUT2D eigenvalue weighted by Gasteiger charge is -2.24. The highest BCUT2D eigenvalue weighted by Crippen LogP contribution is 2.21. The smallest absolute Gasteiger partial charge is 0.255 e. The van der Waals surface area contributed by atoms with Crippen molar-refractivity contribution in [2.75, 3.05) is 13.2 Å². The highest BCUT2D eigenvalue weighted by Gasteiger charge is 2.21. The van der Waals surface area contributed by atoms with E-state index in [9.17, 15) is 9.18 Å². The topological polar surface area (TPSA) is 49.3 Å². The van der Waals surface area contributed by atoms with Crippen LogP contribution in [0.5, 0.6) is 0 Å². The summed E-state index contributed by atoms with van der Waals surface area (Å²) < 4.78 is 13.5. The Balaban J connectivity index is 2.72. The van der Waals surface area contributed by atoms with Gasteiger partial charge in [-0.3, -0.25) is 4.79 Å². The Morgan fingerprint density at radius 1 is 1.50 bits per heavy atom. The normalized spacial score (nSPS) is 11.4. The minimum absolute atomic E-state index is 0.0450. The van der Waals surface area contributed by atoms with Crippen molar-refractivity contribution in [3.8, 4) is 0 Å². The number of halogens is 2. The Hall–Kier alpha value is -1.13. The third-order valence-corrected chi connectivity index (χ3v) is 3.02. The number of nitrogens with one attached hydrogen (secondary N) is 1. The molecule has 2 N–H and O–H groups in total. The zero-order valence-corrected chi connectivity index (χ0v) is 11.2. The Kier molecular flexibility index (Phi) is 5.11. The maximum absolute atomic E-state index is 13.5. The number of carbonyl (C=O) groups excluding carboxylic acids is 1. The number of aliphatic hydroxyl groups is 1. The summed E-state index contributed by atoms with van der Waals surface area (Å²) in [4.78, 5) is 11.8. The molecule has 1 aromatic rings. The molecule has 0 unspecified atom stereocenters. The van der Waals surface area contributed by atoms with Crippen LogP contribution in [0, 0.1) is 11.2 Å². The van der Waals surface area contributed by atoms with Crippen LogP contribution in [-0.2, 0) is 0 Å². The van der Waals surface area contributed by atoms with Crippen LogP contribution >= 0.6 is 11.6 Å². The number of aliphatic hydroxyl groups excluding tert-OH is 1. The Morgan fingerprint density at radius 3 is 2.72 bits per heavy atom. The van der Waals surface area contributed by atoms with Crippen LogP contribution < -0.4 is 5.32 Å². The summed E-state index contributed by atoms with van der Waals surface area (Å²) >= 11 is 5.79. The summed E-state index contributed by atoms with van der Waals surface area (Å²) in [5.41, 5.74) is -0.388. The highest BCUT2D eigenvalue weighted by atomic mass is 35.5. The summed E-state index contributed by atoms with van der Waals surface area (Å²) in [6.07, 6.45) is 0.554. The third kappa shape index (κ3) is 3.96. The van der Waals surface area contributed by atoms with Gasteiger partial charge in [0.05, 0.1) is 10.6 Å². The lowest BCUT2D eigenvalue weighted by molar-refractivity contribution is 0.0924. The number of carbonyl (C=O) groups is 1. The van der Waals surface area contributed by atoms with E-state index in [2.05, 4.69) is 5.32 Å². The number of hydrogen-bond donors (Lipinski definition) is 2. The van der Waals surface area contributed by atoms with E-state index in [0.29, 0.717) is 13.0 Å². The largest absolute Gasteiger partial charge is 0.396 e. The zero-order chi connectivity index (χ0) is 13.8. The Bertz CT molecular complexity index is 415. The van der Waals surface area contributed by atoms with Crippen molar-refractivity contribution < 1.29 is 14.3 Å². The zero-order valence-electron chi connectivity index (χ0n) is 10.5. The van der Waals surface area contributed by atoms with E-state index >= 15 is 0 Å².